The van der Waals surface area contributed by atoms with Gasteiger partial charge in [-0.2, -0.15) is 4.31 Å². The highest BCUT2D eigenvalue weighted by Crippen LogP contribution is 2.22. The minimum absolute atomic E-state index is 0.0510. The first-order valence-electron chi connectivity index (χ1n) is 8.57. The lowest BCUT2D eigenvalue weighted by molar-refractivity contribution is 0.0192. The molecule has 0 aliphatic carbocycles. The molecule has 2 aromatic rings. The molecule has 148 valence electrons. The van der Waals surface area contributed by atoms with E-state index in [0.717, 1.165) is 0 Å². The molecule has 0 radical (unpaired) electrons. The highest BCUT2D eigenvalue weighted by Gasteiger charge is 2.32. The molecule has 10 heteroatoms. The van der Waals surface area contributed by atoms with Crippen LogP contribution in [0.4, 0.5) is 4.79 Å². The van der Waals surface area contributed by atoms with Crippen LogP contribution in [0.2, 0.25) is 0 Å². The minimum Gasteiger partial charge on any atom is -0.444 e. The van der Waals surface area contributed by atoms with Crippen LogP contribution in [-0.2, 0) is 21.8 Å². The Morgan fingerprint density at radius 3 is 2.37 bits per heavy atom. The molecule has 3 rings (SSSR count). The topological polar surface area (TPSA) is 102 Å². The van der Waals surface area contributed by atoms with Gasteiger partial charge in [0.05, 0.1) is 10.4 Å². The molecule has 0 bridgehead atoms. The second-order valence-corrected chi connectivity index (χ2v) is 9.37. The van der Waals surface area contributed by atoms with Crippen LogP contribution in [0.3, 0.4) is 0 Å². The highest BCUT2D eigenvalue weighted by molar-refractivity contribution is 7.89. The molecule has 9 nitrogen and oxygen atoms in total. The molecule has 1 aromatic carbocycles. The van der Waals surface area contributed by atoms with E-state index in [1.54, 1.807) is 33.9 Å². The molecule has 0 saturated carbocycles. The number of aromatic nitrogens is 1. The predicted octanol–water partition coefficient (Wildman–Crippen LogP) is 1.37. The lowest BCUT2D eigenvalue weighted by Gasteiger charge is -2.34. The summed E-state index contributed by atoms with van der Waals surface area (Å²) < 4.78 is 38.8. The number of sulfonamides is 1. The van der Waals surface area contributed by atoms with E-state index < -0.39 is 27.5 Å². The van der Waals surface area contributed by atoms with Crippen LogP contribution >= 0.6 is 0 Å². The van der Waals surface area contributed by atoms with Gasteiger partial charge in [-0.3, -0.25) is 4.57 Å². The molecule has 0 spiro atoms. The number of fused-ring (bicyclic) bond motifs is 1. The number of oxazole rings is 1. The van der Waals surface area contributed by atoms with E-state index >= 15 is 0 Å². The molecule has 0 atom stereocenters. The number of nitrogens with zero attached hydrogens (tertiary/aromatic N) is 3. The number of carbonyl (C=O) groups is 1. The molecule has 0 unspecified atom stereocenters. The fraction of sp³-hybridized carbons (Fsp3) is 0.529. The summed E-state index contributed by atoms with van der Waals surface area (Å²) in [7, 11) is -2.20. The Bertz CT molecular complexity index is 1020. The van der Waals surface area contributed by atoms with Crippen molar-refractivity contribution in [2.45, 2.75) is 31.3 Å². The lowest BCUT2D eigenvalue weighted by atomic mass is 10.2. The zero-order valence-electron chi connectivity index (χ0n) is 15.8. The van der Waals surface area contributed by atoms with E-state index in [2.05, 4.69) is 0 Å². The van der Waals surface area contributed by atoms with Crippen LogP contribution in [0.25, 0.3) is 11.1 Å². The van der Waals surface area contributed by atoms with Crippen molar-refractivity contribution >= 4 is 27.2 Å². The number of amides is 1. The average molecular weight is 397 g/mol. The monoisotopic (exact) mass is 397 g/mol. The minimum atomic E-state index is -3.76. The van der Waals surface area contributed by atoms with Crippen LogP contribution < -0.4 is 5.76 Å². The fourth-order valence-corrected chi connectivity index (χ4v) is 4.30. The van der Waals surface area contributed by atoms with E-state index in [-0.39, 0.29) is 36.7 Å². The number of ether oxygens (including phenoxy) is 1. The third-order valence-corrected chi connectivity index (χ3v) is 6.19. The van der Waals surface area contributed by atoms with Crippen LogP contribution in [0.5, 0.6) is 0 Å². The van der Waals surface area contributed by atoms with Crippen LogP contribution in [0.15, 0.2) is 32.3 Å². The van der Waals surface area contributed by atoms with Gasteiger partial charge in [0.25, 0.3) is 0 Å². The Hall–Kier alpha value is -2.33. The number of benzene rings is 1. The summed E-state index contributed by atoms with van der Waals surface area (Å²) >= 11 is 0. The SMILES string of the molecule is Cn1c(=O)oc2cc(S(=O)(=O)N3CCN(C(=O)OC(C)(C)C)CC3)ccc21. The number of piperazine rings is 1. The van der Waals surface area contributed by atoms with Gasteiger partial charge in [0.2, 0.25) is 10.0 Å². The van der Waals surface area contributed by atoms with E-state index in [9.17, 15) is 18.0 Å². The molecule has 1 aliphatic rings. The maximum Gasteiger partial charge on any atom is 0.419 e. The van der Waals surface area contributed by atoms with E-state index in [1.807, 2.05) is 0 Å². The molecule has 2 heterocycles. The van der Waals surface area contributed by atoms with Crippen molar-refractivity contribution < 1.29 is 22.4 Å². The van der Waals surface area contributed by atoms with Gasteiger partial charge < -0.3 is 14.1 Å². The van der Waals surface area contributed by atoms with Crippen molar-refractivity contribution in [3.05, 3.63) is 28.7 Å². The van der Waals surface area contributed by atoms with E-state index in [0.29, 0.717) is 5.52 Å². The van der Waals surface area contributed by atoms with Crippen molar-refractivity contribution in [1.29, 1.82) is 0 Å². The molecule has 1 amide bonds. The molecule has 27 heavy (non-hydrogen) atoms. The molecule has 1 aliphatic heterocycles. The Balaban J connectivity index is 1.75. The summed E-state index contributed by atoms with van der Waals surface area (Å²) in [5.74, 6) is -0.550. The van der Waals surface area contributed by atoms with Crippen molar-refractivity contribution in [3.63, 3.8) is 0 Å². The Labute approximate surface area is 157 Å². The van der Waals surface area contributed by atoms with Crippen molar-refractivity contribution in [2.75, 3.05) is 26.2 Å². The number of rotatable bonds is 2. The van der Waals surface area contributed by atoms with E-state index in [4.69, 9.17) is 9.15 Å². The first kappa shape index (κ1) is 19.4. The maximum absolute atomic E-state index is 12.9. The van der Waals surface area contributed by atoms with Crippen LogP contribution in [0, 0.1) is 0 Å². The van der Waals surface area contributed by atoms with Crippen LogP contribution in [0.1, 0.15) is 20.8 Å². The lowest BCUT2D eigenvalue weighted by Crippen LogP contribution is -2.51. The number of carbonyl (C=O) groups excluding carboxylic acids is 1. The third-order valence-electron chi connectivity index (χ3n) is 4.29. The van der Waals surface area contributed by atoms with Gasteiger partial charge in [0.15, 0.2) is 5.58 Å². The normalized spacial score (nSPS) is 16.7. The van der Waals surface area contributed by atoms with E-state index in [1.165, 1.54) is 25.9 Å². The van der Waals surface area contributed by atoms with Gasteiger partial charge in [-0.05, 0) is 32.9 Å². The molecular formula is C17H23N3O6S. The summed E-state index contributed by atoms with van der Waals surface area (Å²) in [5, 5.41) is 0. The third kappa shape index (κ3) is 3.86. The smallest absolute Gasteiger partial charge is 0.419 e. The van der Waals surface area contributed by atoms with Crippen LogP contribution in [-0.4, -0.2) is 60.1 Å². The second kappa shape index (κ2) is 6.68. The molecule has 1 aromatic heterocycles. The maximum atomic E-state index is 12.9. The zero-order chi connectivity index (χ0) is 20.0. The quantitative estimate of drug-likeness (QED) is 0.758. The number of hydrogen-bond donors (Lipinski definition) is 0. The van der Waals surface area contributed by atoms with Gasteiger partial charge in [-0.25, -0.2) is 18.0 Å². The summed E-state index contributed by atoms with van der Waals surface area (Å²) in [6.07, 6.45) is -0.452. The summed E-state index contributed by atoms with van der Waals surface area (Å²) in [6, 6.07) is 4.35. The first-order chi connectivity index (χ1) is 12.5. The standard InChI is InChI=1S/C17H23N3O6S/c1-17(2,3)26-16(22)19-7-9-20(10-8-19)27(23,24)12-5-6-13-14(11-12)25-15(21)18(13)4/h5-6,11H,7-10H2,1-4H3. The van der Waals surface area contributed by atoms with Crippen molar-refractivity contribution in [2.24, 2.45) is 7.05 Å². The molecular weight excluding hydrogens is 374 g/mol. The summed E-state index contributed by atoms with van der Waals surface area (Å²) in [5.41, 5.74) is 0.139. The zero-order valence-corrected chi connectivity index (χ0v) is 16.6. The molecule has 1 saturated heterocycles. The average Bonchev–Trinajstić information content (AvgIpc) is 2.87. The van der Waals surface area contributed by atoms with Gasteiger partial charge in [0, 0.05) is 39.3 Å². The predicted molar refractivity (Wildman–Crippen MR) is 98.0 cm³/mol. The fourth-order valence-electron chi connectivity index (χ4n) is 2.86. The first-order valence-corrected chi connectivity index (χ1v) is 10.0. The Kier molecular flexibility index (Phi) is 4.81. The Morgan fingerprint density at radius 1 is 1.15 bits per heavy atom. The second-order valence-electron chi connectivity index (χ2n) is 7.43. The number of aryl methyl sites for hydroxylation is 1. The molecule has 0 N–H and O–H groups in total. The van der Waals surface area contributed by atoms with Gasteiger partial charge >= 0.3 is 11.8 Å². The molecule has 1 fully saturated rings. The highest BCUT2D eigenvalue weighted by atomic mass is 32.2. The largest absolute Gasteiger partial charge is 0.444 e. The van der Waals surface area contributed by atoms with Gasteiger partial charge in [-0.1, -0.05) is 0 Å². The van der Waals surface area contributed by atoms with Crippen molar-refractivity contribution in [1.82, 2.24) is 13.8 Å². The van der Waals surface area contributed by atoms with Crippen molar-refractivity contribution in [3.8, 4) is 0 Å². The van der Waals surface area contributed by atoms with Gasteiger partial charge in [0.1, 0.15) is 5.60 Å². The summed E-state index contributed by atoms with van der Waals surface area (Å²) in [4.78, 5) is 25.2. The summed E-state index contributed by atoms with van der Waals surface area (Å²) in [6.45, 7) is 6.17. The van der Waals surface area contributed by atoms with Gasteiger partial charge in [-0.15, -0.1) is 0 Å². The number of hydrogen-bond acceptors (Lipinski definition) is 6. The Morgan fingerprint density at radius 2 is 1.78 bits per heavy atom.